The van der Waals surface area contributed by atoms with Gasteiger partial charge < -0.3 is 15.3 Å². The van der Waals surface area contributed by atoms with Gasteiger partial charge in [0.2, 0.25) is 11.8 Å². The lowest BCUT2D eigenvalue weighted by molar-refractivity contribution is -0.147. The summed E-state index contributed by atoms with van der Waals surface area (Å²) in [4.78, 5) is 36.0. The molecule has 2 fully saturated rings. The van der Waals surface area contributed by atoms with Gasteiger partial charge in [0, 0.05) is 18.7 Å². The summed E-state index contributed by atoms with van der Waals surface area (Å²) < 4.78 is 14.1. The molecule has 1 saturated heterocycles. The highest BCUT2D eigenvalue weighted by Crippen LogP contribution is 2.46. The van der Waals surface area contributed by atoms with Crippen LogP contribution in [0.4, 0.5) is 15.8 Å². The van der Waals surface area contributed by atoms with E-state index in [0.29, 0.717) is 19.4 Å². The first-order valence-corrected chi connectivity index (χ1v) is 7.09. The van der Waals surface area contributed by atoms with Gasteiger partial charge in [-0.05, 0) is 37.5 Å². The summed E-state index contributed by atoms with van der Waals surface area (Å²) in [7, 11) is 0. The Kier molecular flexibility index (Phi) is 3.35. The molecule has 1 aliphatic carbocycles. The summed E-state index contributed by atoms with van der Waals surface area (Å²) >= 11 is 0. The minimum atomic E-state index is -1.37. The Morgan fingerprint density at radius 3 is 2.55 bits per heavy atom. The quantitative estimate of drug-likeness (QED) is 0.830. The van der Waals surface area contributed by atoms with Gasteiger partial charge >= 0.3 is 5.97 Å². The van der Waals surface area contributed by atoms with Crippen molar-refractivity contribution < 1.29 is 23.9 Å². The molecule has 1 heterocycles. The fourth-order valence-electron chi connectivity index (χ4n) is 2.62. The molecular weight excluding hydrogens is 291 g/mol. The SMILES string of the molecule is O=C1CCCN1c1ccc(NC(=O)C2(C(=O)O)CC2)cc1F. The van der Waals surface area contributed by atoms with E-state index in [0.717, 1.165) is 6.07 Å². The van der Waals surface area contributed by atoms with Crippen LogP contribution in [0.25, 0.3) is 0 Å². The summed E-state index contributed by atoms with van der Waals surface area (Å²) in [6.45, 7) is 0.476. The maximum absolute atomic E-state index is 14.1. The Balaban J connectivity index is 1.76. The molecule has 7 heteroatoms. The van der Waals surface area contributed by atoms with Crippen LogP contribution in [-0.2, 0) is 14.4 Å². The Hall–Kier alpha value is -2.44. The third kappa shape index (κ3) is 2.32. The lowest BCUT2D eigenvalue weighted by atomic mass is 10.1. The zero-order chi connectivity index (χ0) is 15.9. The normalized spacial score (nSPS) is 19.1. The van der Waals surface area contributed by atoms with Crippen molar-refractivity contribution >= 4 is 29.2 Å². The monoisotopic (exact) mass is 306 g/mol. The molecule has 2 N–H and O–H groups in total. The van der Waals surface area contributed by atoms with Crippen LogP contribution >= 0.6 is 0 Å². The molecule has 3 rings (SSSR count). The molecule has 1 aromatic rings. The average Bonchev–Trinajstić information content (AvgIpc) is 3.18. The highest BCUT2D eigenvalue weighted by Gasteiger charge is 2.57. The van der Waals surface area contributed by atoms with Crippen molar-refractivity contribution in [1.82, 2.24) is 0 Å². The number of halogens is 1. The Bertz CT molecular complexity index is 670. The van der Waals surface area contributed by atoms with Crippen LogP contribution in [0.15, 0.2) is 18.2 Å². The van der Waals surface area contributed by atoms with Crippen molar-refractivity contribution in [3.63, 3.8) is 0 Å². The van der Waals surface area contributed by atoms with E-state index in [1.807, 2.05) is 0 Å². The van der Waals surface area contributed by atoms with E-state index < -0.39 is 23.1 Å². The lowest BCUT2D eigenvalue weighted by Gasteiger charge is -2.17. The minimum absolute atomic E-state index is 0.126. The molecule has 0 bridgehead atoms. The fourth-order valence-corrected chi connectivity index (χ4v) is 2.62. The van der Waals surface area contributed by atoms with Gasteiger partial charge in [0.1, 0.15) is 11.2 Å². The summed E-state index contributed by atoms with van der Waals surface area (Å²) in [5.41, 5.74) is -1.01. The molecule has 1 aromatic carbocycles. The number of amides is 2. The van der Waals surface area contributed by atoms with Gasteiger partial charge in [-0.2, -0.15) is 0 Å². The van der Waals surface area contributed by atoms with Gasteiger partial charge in [-0.1, -0.05) is 0 Å². The van der Waals surface area contributed by atoms with Crippen molar-refractivity contribution in [2.75, 3.05) is 16.8 Å². The zero-order valence-electron chi connectivity index (χ0n) is 11.8. The van der Waals surface area contributed by atoms with Gasteiger partial charge in [-0.3, -0.25) is 14.4 Å². The molecule has 2 amide bonds. The number of nitrogens with one attached hydrogen (secondary N) is 1. The number of benzene rings is 1. The van der Waals surface area contributed by atoms with Crippen molar-refractivity contribution in [1.29, 1.82) is 0 Å². The largest absolute Gasteiger partial charge is 0.480 e. The van der Waals surface area contributed by atoms with E-state index in [1.165, 1.54) is 17.0 Å². The maximum Gasteiger partial charge on any atom is 0.319 e. The topological polar surface area (TPSA) is 86.7 Å². The molecule has 0 atom stereocenters. The smallest absolute Gasteiger partial charge is 0.319 e. The molecule has 22 heavy (non-hydrogen) atoms. The highest BCUT2D eigenvalue weighted by molar-refractivity contribution is 6.10. The molecular formula is C15H15FN2O4. The van der Waals surface area contributed by atoms with Gasteiger partial charge in [-0.25, -0.2) is 4.39 Å². The number of rotatable bonds is 4. The molecule has 1 saturated carbocycles. The molecule has 1 aliphatic heterocycles. The standard InChI is InChI=1S/C15H15FN2O4/c16-10-8-9(17-13(20)15(5-6-15)14(21)22)3-4-11(10)18-7-1-2-12(18)19/h3-4,8H,1-2,5-7H2,(H,17,20)(H,21,22). The molecule has 0 spiro atoms. The zero-order valence-corrected chi connectivity index (χ0v) is 11.8. The van der Waals surface area contributed by atoms with Crippen LogP contribution in [-0.4, -0.2) is 29.4 Å². The molecule has 2 aliphatic rings. The van der Waals surface area contributed by atoms with Crippen molar-refractivity contribution in [2.24, 2.45) is 5.41 Å². The van der Waals surface area contributed by atoms with E-state index in [2.05, 4.69) is 5.32 Å². The molecule has 0 radical (unpaired) electrons. The molecule has 0 aromatic heterocycles. The third-order valence-electron chi connectivity index (χ3n) is 4.16. The van der Waals surface area contributed by atoms with Gasteiger partial charge in [0.05, 0.1) is 5.69 Å². The van der Waals surface area contributed by atoms with E-state index in [4.69, 9.17) is 5.11 Å². The second kappa shape index (κ2) is 5.08. The fraction of sp³-hybridized carbons (Fsp3) is 0.400. The van der Waals surface area contributed by atoms with Crippen LogP contribution < -0.4 is 10.2 Å². The van der Waals surface area contributed by atoms with Crippen LogP contribution in [0.5, 0.6) is 0 Å². The first-order chi connectivity index (χ1) is 10.4. The maximum atomic E-state index is 14.1. The highest BCUT2D eigenvalue weighted by atomic mass is 19.1. The molecule has 0 unspecified atom stereocenters. The summed E-state index contributed by atoms with van der Waals surface area (Å²) in [5, 5.41) is 11.5. The number of carboxylic acid groups (broad SMARTS) is 1. The Labute approximate surface area is 125 Å². The number of carbonyl (C=O) groups is 3. The Morgan fingerprint density at radius 2 is 2.05 bits per heavy atom. The number of carbonyl (C=O) groups excluding carboxylic acids is 2. The molecule has 116 valence electrons. The first-order valence-electron chi connectivity index (χ1n) is 7.09. The van der Waals surface area contributed by atoms with E-state index >= 15 is 0 Å². The Morgan fingerprint density at radius 1 is 1.32 bits per heavy atom. The lowest BCUT2D eigenvalue weighted by Crippen LogP contribution is -2.31. The van der Waals surface area contributed by atoms with Crippen LogP contribution in [0.2, 0.25) is 0 Å². The van der Waals surface area contributed by atoms with Gasteiger partial charge in [0.15, 0.2) is 0 Å². The predicted molar refractivity (Wildman–Crippen MR) is 75.9 cm³/mol. The van der Waals surface area contributed by atoms with Crippen molar-refractivity contribution in [3.8, 4) is 0 Å². The van der Waals surface area contributed by atoms with Gasteiger partial charge in [0.25, 0.3) is 0 Å². The summed E-state index contributed by atoms with van der Waals surface area (Å²) in [6, 6.07) is 4.01. The van der Waals surface area contributed by atoms with Crippen LogP contribution in [0.1, 0.15) is 25.7 Å². The second-order valence-electron chi connectivity index (χ2n) is 5.66. The van der Waals surface area contributed by atoms with Crippen LogP contribution in [0, 0.1) is 11.2 Å². The second-order valence-corrected chi connectivity index (χ2v) is 5.66. The predicted octanol–water partition coefficient (Wildman–Crippen LogP) is 1.76. The summed E-state index contributed by atoms with van der Waals surface area (Å²) in [5.74, 6) is -2.54. The number of carboxylic acids is 1. The van der Waals surface area contributed by atoms with Crippen molar-refractivity contribution in [2.45, 2.75) is 25.7 Å². The van der Waals surface area contributed by atoms with Gasteiger partial charge in [-0.15, -0.1) is 0 Å². The number of hydrogen-bond acceptors (Lipinski definition) is 3. The third-order valence-corrected chi connectivity index (χ3v) is 4.16. The number of hydrogen-bond donors (Lipinski definition) is 2. The van der Waals surface area contributed by atoms with Crippen LogP contribution in [0.3, 0.4) is 0 Å². The number of anilines is 2. The minimum Gasteiger partial charge on any atom is -0.480 e. The average molecular weight is 306 g/mol. The number of nitrogens with zero attached hydrogens (tertiary/aromatic N) is 1. The summed E-state index contributed by atoms with van der Waals surface area (Å²) in [6.07, 6.45) is 1.67. The first kappa shape index (κ1) is 14.5. The number of aliphatic carboxylic acids is 1. The van der Waals surface area contributed by atoms with E-state index in [-0.39, 0.29) is 30.1 Å². The van der Waals surface area contributed by atoms with E-state index in [1.54, 1.807) is 0 Å². The van der Waals surface area contributed by atoms with E-state index in [9.17, 15) is 18.8 Å². The van der Waals surface area contributed by atoms with Crippen molar-refractivity contribution in [3.05, 3.63) is 24.0 Å². The molecule has 6 nitrogen and oxygen atoms in total.